The molecule has 0 amide bonds. The van der Waals surface area contributed by atoms with Crippen molar-refractivity contribution < 1.29 is 171 Å². The quantitative estimate of drug-likeness (QED) is 0.0844. The molecule has 1 aliphatic heterocycles. The van der Waals surface area contributed by atoms with E-state index in [1.54, 1.807) is 24.4 Å². The van der Waals surface area contributed by atoms with Crippen molar-refractivity contribution in [2.75, 3.05) is 0 Å². The fourth-order valence-corrected chi connectivity index (χ4v) is 18.2. The first-order chi connectivity index (χ1) is 55.4. The number of alkyl halides is 14. The molecule has 5 aromatic heterocycles. The molecule has 5 radical (unpaired) electrons. The van der Waals surface area contributed by atoms with Gasteiger partial charge in [-0.3, -0.25) is 4.39 Å². The molecule has 0 bridgehead atoms. The van der Waals surface area contributed by atoms with Crippen LogP contribution in [-0.2, 0) is 123 Å². The largest absolute Gasteiger partial charge is 0.403 e. The molecule has 0 unspecified atom stereocenters. The molecule has 6 heterocycles. The third-order valence-corrected chi connectivity index (χ3v) is 23.0. The molecule has 0 atom stereocenters. The van der Waals surface area contributed by atoms with Crippen LogP contribution in [-0.4, -0.2) is 56.3 Å². The molecule has 0 N–H and O–H groups in total. The molecule has 0 saturated heterocycles. The van der Waals surface area contributed by atoms with Crippen LogP contribution in [0.2, 0.25) is 5.31 Å². The zero-order valence-electron chi connectivity index (χ0n) is 63.4. The summed E-state index contributed by atoms with van der Waals surface area (Å²) in [6.07, 6.45) is -14.9. The number of nitrogens with zero attached hydrogens (tertiary/aromatic N) is 7. The molecule has 0 saturated carbocycles. The van der Waals surface area contributed by atoms with Crippen LogP contribution in [0, 0.1) is 71.6 Å². The number of hydrogen-bond donors (Lipinski definition) is 0. The van der Waals surface area contributed by atoms with Crippen molar-refractivity contribution in [2.45, 2.75) is 93.7 Å². The Morgan fingerprint density at radius 3 is 1.30 bits per heavy atom. The van der Waals surface area contributed by atoms with Gasteiger partial charge in [0.1, 0.15) is 0 Å². The second-order valence-corrected chi connectivity index (χ2v) is 30.9. The average Bonchev–Trinajstić information content (AvgIpc) is 0.679. The molecule has 122 heavy (non-hydrogen) atoms. The van der Waals surface area contributed by atoms with Crippen LogP contribution in [0.3, 0.4) is 0 Å². The minimum absolute atomic E-state index is 0. The van der Waals surface area contributed by atoms with Gasteiger partial charge in [0.2, 0.25) is 0 Å². The zero-order chi connectivity index (χ0) is 83.4. The number of rotatable bonds is 0. The Hall–Kier alpha value is -9.10. The minimum atomic E-state index is -5.75. The molecule has 20 rings (SSSR count). The summed E-state index contributed by atoms with van der Waals surface area (Å²) in [4.78, 5) is 21.4. The van der Waals surface area contributed by atoms with Crippen LogP contribution >= 0.6 is 15.9 Å². The topological polar surface area (TPSA) is 112 Å². The van der Waals surface area contributed by atoms with E-state index in [9.17, 15) is 75.5 Å². The van der Waals surface area contributed by atoms with E-state index in [-0.39, 0.29) is 171 Å². The van der Waals surface area contributed by atoms with E-state index < -0.39 is 91.8 Å². The van der Waals surface area contributed by atoms with E-state index >= 15 is 0 Å². The molecular formula is C92H52BBrF16Ir5N7-5. The summed E-state index contributed by atoms with van der Waals surface area (Å²) >= 11 is 2.89. The Morgan fingerprint density at radius 2 is 0.803 bits per heavy atom. The van der Waals surface area contributed by atoms with Gasteiger partial charge in [0, 0.05) is 148 Å². The number of nitriles is 2. The molecule has 10 aromatic carbocycles. The fourth-order valence-electron chi connectivity index (χ4n) is 17.6. The Bertz CT molecular complexity index is 6750. The van der Waals surface area contributed by atoms with Gasteiger partial charge in [-0.1, -0.05) is 167 Å². The fraction of sp³-hybridized carbons (Fsp3) is 0.163. The van der Waals surface area contributed by atoms with Gasteiger partial charge in [-0.2, -0.15) is 63.2 Å². The smallest absolute Gasteiger partial charge is 0.304 e. The van der Waals surface area contributed by atoms with E-state index in [0.717, 1.165) is 70.4 Å². The number of halogens is 17. The second kappa shape index (κ2) is 33.8. The predicted molar refractivity (Wildman–Crippen MR) is 417 cm³/mol. The summed E-state index contributed by atoms with van der Waals surface area (Å²) in [5.41, 5.74) is -5.99. The molecule has 0 fully saturated rings. The molecule has 0 spiro atoms. The third-order valence-electron chi connectivity index (χ3n) is 22.3. The summed E-state index contributed by atoms with van der Waals surface area (Å²) in [6.45, 7) is 13.6. The van der Waals surface area contributed by atoms with Gasteiger partial charge in [0.25, 0.3) is 5.92 Å². The van der Waals surface area contributed by atoms with Crippen LogP contribution in [0.1, 0.15) is 95.8 Å². The van der Waals surface area contributed by atoms with Gasteiger partial charge in [-0.15, -0.1) is 124 Å². The number of aryl methyl sites for hydroxylation is 1. The molecular weight excluding hydrogens is 2560 g/mol. The van der Waals surface area contributed by atoms with Gasteiger partial charge in [0.05, 0.1) is 18.0 Å². The van der Waals surface area contributed by atoms with Gasteiger partial charge in [-0.25, -0.2) is 13.2 Å². The maximum Gasteiger partial charge on any atom is 0.403 e. The molecule has 7 nitrogen and oxygen atoms in total. The molecule has 15 aromatic rings. The van der Waals surface area contributed by atoms with Crippen LogP contribution in [0.15, 0.2) is 211 Å². The van der Waals surface area contributed by atoms with Gasteiger partial charge in [-0.05, 0) is 158 Å². The van der Waals surface area contributed by atoms with Crippen LogP contribution < -0.4 is 10.9 Å². The van der Waals surface area contributed by atoms with E-state index in [1.165, 1.54) is 124 Å². The number of hydrogen-bond acceptors (Lipinski definition) is 7. The first-order valence-corrected chi connectivity index (χ1v) is 36.8. The first-order valence-electron chi connectivity index (χ1n) is 36.0. The van der Waals surface area contributed by atoms with E-state index in [0.29, 0.717) is 28.7 Å². The van der Waals surface area contributed by atoms with Crippen molar-refractivity contribution in [1.82, 2.24) is 24.9 Å². The maximum atomic E-state index is 14.9. The summed E-state index contributed by atoms with van der Waals surface area (Å²) < 4.78 is 228. The SMILES string of the molecule is CC(C)(C)B1c2ccc[c-]c2-c2nccc3cccc1c23.Cc1ccc2c3c(nccc13)-c1[c-]ccc(F)c1C2(C)C.FC(F)(F)C1(C(F)(F)F)c2c([c-]ccc2Br)-c2nccc3cccc1c23.N#Cc1c(F)c[c-]c2c1C(F)(F)c1cccc3ccnc-2c13.N#Cc1cc[c-]c2c1C(C(F)(F)F)(C(F)(F)F)c1cccc3ccnc-2c13.[Ir].[Ir].[Ir].[Ir].[Ir]. The average molecular weight is 2610 g/mol. The second-order valence-electron chi connectivity index (χ2n) is 30.1. The van der Waals surface area contributed by atoms with Crippen molar-refractivity contribution in [2.24, 2.45) is 0 Å². The molecule has 4 aliphatic carbocycles. The van der Waals surface area contributed by atoms with E-state index in [2.05, 4.69) is 161 Å². The molecule has 627 valence electrons. The van der Waals surface area contributed by atoms with Crippen molar-refractivity contribution >= 4 is 87.4 Å². The Morgan fingerprint density at radius 1 is 0.393 bits per heavy atom. The van der Waals surface area contributed by atoms with Gasteiger partial charge >= 0.3 is 24.7 Å². The van der Waals surface area contributed by atoms with Crippen molar-refractivity contribution in [3.05, 3.63) is 315 Å². The first kappa shape index (κ1) is 93.6. The predicted octanol–water partition coefficient (Wildman–Crippen LogP) is 23.9. The van der Waals surface area contributed by atoms with Crippen LogP contribution in [0.25, 0.3) is 110 Å². The molecule has 5 aliphatic rings. The summed E-state index contributed by atoms with van der Waals surface area (Å²) in [7, 11) is 0. The number of fused-ring (bicyclic) bond motifs is 10. The normalized spacial score (nSPS) is 14.3. The van der Waals surface area contributed by atoms with Crippen molar-refractivity contribution in [3.63, 3.8) is 0 Å². The summed E-state index contributed by atoms with van der Waals surface area (Å²) in [5, 5.41) is 24.4. The van der Waals surface area contributed by atoms with E-state index in [1.807, 2.05) is 18.3 Å². The zero-order valence-corrected chi connectivity index (χ0v) is 77.0. The maximum absolute atomic E-state index is 14.9. The standard InChI is InChI=1S/C19H17BN.C19H7F6N2.C19H15FN.C18H7BrF6N.C17H6F3N2.5Ir/c1-19(2,3)20-15-9-5-4-8-14(15)18-17-13(11-12-21-18)7-6-10-16(17)20;20-18(21,22)17(19(23,24)25)13-6-2-3-10-7-8-27-16(14(10)13)12-5-1-4-11(9-26)15(12)17;1-11-7-8-14-16-12(11)9-10-21-18(16)13-5-4-6-15(20)17(13)19(14,2)3;19-12-6-2-4-10-14(12)16(17(20,21)22,18(23,24)25)11-5-1-3-9-7-8-26-15(10)13(9)11;18-13-5-4-10-15(11(13)8-21)17(19,20)12-3-1-2-9-6-7-22-16(10)14(9)12;;;;;/h4-7,9-12H,1-3H3;1-4,6-8H;4,6-10H,1-3H3;1-3,5-8H;1-3,5-7H;;;;;/q5*-1;;;;;. The van der Waals surface area contributed by atoms with Crippen LogP contribution in [0.4, 0.5) is 70.2 Å². The van der Waals surface area contributed by atoms with Gasteiger partial charge in [0.15, 0.2) is 17.5 Å². The molecule has 30 heteroatoms. The van der Waals surface area contributed by atoms with E-state index in [4.69, 9.17) is 5.26 Å². The Labute approximate surface area is 763 Å². The third kappa shape index (κ3) is 14.3. The van der Waals surface area contributed by atoms with Crippen molar-refractivity contribution in [1.29, 1.82) is 10.5 Å². The van der Waals surface area contributed by atoms with Crippen LogP contribution in [0.5, 0.6) is 0 Å². The number of benzene rings is 10. The summed E-state index contributed by atoms with van der Waals surface area (Å²) in [6, 6.07) is 62.6. The Kier molecular flexibility index (Phi) is 25.9. The Balaban J connectivity index is 0.000000148. The summed E-state index contributed by atoms with van der Waals surface area (Å²) in [5.74, 6) is -4.67. The monoisotopic (exact) mass is 2610 g/mol. The number of aromatic nitrogens is 5. The van der Waals surface area contributed by atoms with Crippen molar-refractivity contribution in [3.8, 4) is 68.4 Å². The van der Waals surface area contributed by atoms with Gasteiger partial charge < -0.3 is 24.9 Å². The number of pyridine rings is 5. The minimum Gasteiger partial charge on any atom is -0.304 e.